The minimum absolute atomic E-state index is 0.358. The van der Waals surface area contributed by atoms with E-state index in [0.29, 0.717) is 12.1 Å². The monoisotopic (exact) mass is 474 g/mol. The lowest BCUT2D eigenvalue weighted by Crippen LogP contribution is -2.28. The van der Waals surface area contributed by atoms with Crippen LogP contribution in [0.4, 0.5) is 32.8 Å². The fourth-order valence-electron chi connectivity index (χ4n) is 4.49. The Balaban J connectivity index is 1.14. The first kappa shape index (κ1) is 20.3. The highest BCUT2D eigenvalue weighted by Gasteiger charge is 2.36. The number of thiophene rings is 2. The molecule has 8 heteroatoms. The summed E-state index contributed by atoms with van der Waals surface area (Å²) in [6, 6.07) is 21.2. The van der Waals surface area contributed by atoms with Gasteiger partial charge in [0.15, 0.2) is 0 Å². The molecule has 2 aliphatic rings. The SMILES string of the molecule is Nc1ccc(NCc2cc3c(s2)NC2CC3Nc3sc(CNc4ccc(N)cc4)cc32)cc1. The second-order valence-corrected chi connectivity index (χ2v) is 10.8. The van der Waals surface area contributed by atoms with Gasteiger partial charge in [0.05, 0.1) is 22.1 Å². The van der Waals surface area contributed by atoms with E-state index in [2.05, 4.69) is 33.4 Å². The first-order valence-electron chi connectivity index (χ1n) is 11.1. The highest BCUT2D eigenvalue weighted by atomic mass is 32.1. The van der Waals surface area contributed by atoms with E-state index < -0.39 is 0 Å². The number of nitrogens with two attached hydrogens (primary N) is 2. The van der Waals surface area contributed by atoms with Crippen LogP contribution in [0.25, 0.3) is 0 Å². The van der Waals surface area contributed by atoms with Crippen molar-refractivity contribution in [1.82, 2.24) is 0 Å². The standard InChI is InChI=1S/C25H26N6S2/c26-14-1-5-16(6-2-14)28-12-18-9-20-22-11-23(30-24(20)32-18)21-10-19(33-25(21)31-22)13-29-17-7-3-15(27)4-8-17/h1-10,22-23,28-31H,11-13,26-27H2. The molecule has 8 N–H and O–H groups in total. The molecule has 0 saturated heterocycles. The molecule has 0 aliphatic carbocycles. The maximum absolute atomic E-state index is 5.79. The summed E-state index contributed by atoms with van der Waals surface area (Å²) in [5.41, 5.74) is 18.1. The molecule has 4 heterocycles. The van der Waals surface area contributed by atoms with E-state index in [-0.39, 0.29) is 0 Å². The maximum Gasteiger partial charge on any atom is 0.0944 e. The first-order valence-corrected chi connectivity index (χ1v) is 12.7. The van der Waals surface area contributed by atoms with E-state index in [1.165, 1.54) is 30.9 Å². The van der Waals surface area contributed by atoms with Gasteiger partial charge in [-0.05, 0) is 67.1 Å². The molecule has 33 heavy (non-hydrogen) atoms. The lowest BCUT2D eigenvalue weighted by molar-refractivity contribution is 0.574. The zero-order chi connectivity index (χ0) is 22.4. The molecule has 0 saturated carbocycles. The second kappa shape index (κ2) is 8.20. The zero-order valence-corrected chi connectivity index (χ0v) is 19.7. The van der Waals surface area contributed by atoms with Crippen molar-refractivity contribution in [3.63, 3.8) is 0 Å². The molecule has 0 radical (unpaired) electrons. The summed E-state index contributed by atoms with van der Waals surface area (Å²) in [5, 5.41) is 17.2. The molecule has 168 valence electrons. The third-order valence-electron chi connectivity index (χ3n) is 6.21. The molecule has 0 amide bonds. The number of nitrogens with one attached hydrogen (secondary N) is 4. The fourth-order valence-corrected chi connectivity index (χ4v) is 6.72. The largest absolute Gasteiger partial charge is 0.399 e. The lowest BCUT2D eigenvalue weighted by atomic mass is 9.90. The van der Waals surface area contributed by atoms with Gasteiger partial charge in [0.25, 0.3) is 0 Å². The molecule has 0 fully saturated rings. The van der Waals surface area contributed by atoms with Crippen molar-refractivity contribution in [2.24, 2.45) is 0 Å². The number of fused-ring (bicyclic) bond motifs is 6. The van der Waals surface area contributed by atoms with Crippen LogP contribution in [-0.4, -0.2) is 0 Å². The van der Waals surface area contributed by atoms with Crippen LogP contribution in [0, 0.1) is 0 Å². The van der Waals surface area contributed by atoms with Crippen LogP contribution in [0.5, 0.6) is 0 Å². The van der Waals surface area contributed by atoms with Crippen LogP contribution in [0.2, 0.25) is 0 Å². The van der Waals surface area contributed by atoms with Gasteiger partial charge in [-0.1, -0.05) is 0 Å². The Morgan fingerprint density at radius 2 is 1.12 bits per heavy atom. The van der Waals surface area contributed by atoms with Crippen LogP contribution >= 0.6 is 22.7 Å². The summed E-state index contributed by atoms with van der Waals surface area (Å²) < 4.78 is 0. The Morgan fingerprint density at radius 3 is 1.55 bits per heavy atom. The Labute approximate surface area is 201 Å². The van der Waals surface area contributed by atoms with Crippen molar-refractivity contribution < 1.29 is 0 Å². The number of nitrogen functional groups attached to an aromatic ring is 2. The van der Waals surface area contributed by atoms with Crippen molar-refractivity contribution in [2.75, 3.05) is 32.7 Å². The predicted molar refractivity (Wildman–Crippen MR) is 142 cm³/mol. The lowest BCUT2D eigenvalue weighted by Gasteiger charge is -2.36. The van der Waals surface area contributed by atoms with Crippen molar-refractivity contribution in [3.05, 3.63) is 81.5 Å². The molecule has 6 nitrogen and oxygen atoms in total. The topological polar surface area (TPSA) is 100 Å². The van der Waals surface area contributed by atoms with Gasteiger partial charge in [-0.15, -0.1) is 22.7 Å². The van der Waals surface area contributed by atoms with Crippen molar-refractivity contribution >= 4 is 55.4 Å². The van der Waals surface area contributed by atoms with Crippen molar-refractivity contribution in [1.29, 1.82) is 0 Å². The van der Waals surface area contributed by atoms with E-state index >= 15 is 0 Å². The molecule has 6 rings (SSSR count). The summed E-state index contributed by atoms with van der Waals surface area (Å²) in [6.07, 6.45) is 1.07. The van der Waals surface area contributed by atoms with Gasteiger partial charge < -0.3 is 32.7 Å². The van der Waals surface area contributed by atoms with Gasteiger partial charge in [-0.2, -0.15) is 0 Å². The van der Waals surface area contributed by atoms with E-state index in [1.807, 2.05) is 71.2 Å². The van der Waals surface area contributed by atoms with Gasteiger partial charge in [0.1, 0.15) is 0 Å². The quantitative estimate of drug-likeness (QED) is 0.186. The molecule has 0 spiro atoms. The van der Waals surface area contributed by atoms with Crippen LogP contribution in [0.1, 0.15) is 39.4 Å². The molecular formula is C25H26N6S2. The number of rotatable bonds is 6. The number of benzene rings is 2. The molecule has 2 unspecified atom stereocenters. The van der Waals surface area contributed by atoms with Crippen LogP contribution in [0.3, 0.4) is 0 Å². The molecule has 4 aromatic rings. The third kappa shape index (κ3) is 4.07. The van der Waals surface area contributed by atoms with Gasteiger partial charge in [0, 0.05) is 56.7 Å². The van der Waals surface area contributed by atoms with E-state index in [9.17, 15) is 0 Å². The van der Waals surface area contributed by atoms with Crippen LogP contribution in [-0.2, 0) is 13.1 Å². The van der Waals surface area contributed by atoms with Crippen LogP contribution < -0.4 is 32.7 Å². The molecular weight excluding hydrogens is 448 g/mol. The first-order chi connectivity index (χ1) is 16.1. The van der Waals surface area contributed by atoms with Crippen LogP contribution in [0.15, 0.2) is 60.7 Å². The van der Waals surface area contributed by atoms with E-state index in [4.69, 9.17) is 11.5 Å². The summed E-state index contributed by atoms with van der Waals surface area (Å²) in [5.74, 6) is 0. The molecule has 2 aromatic heterocycles. The highest BCUT2D eigenvalue weighted by Crippen LogP contribution is 2.51. The Morgan fingerprint density at radius 1 is 0.697 bits per heavy atom. The maximum atomic E-state index is 5.79. The zero-order valence-electron chi connectivity index (χ0n) is 18.0. The molecule has 2 aliphatic heterocycles. The van der Waals surface area contributed by atoms with Gasteiger partial charge in [0.2, 0.25) is 0 Å². The summed E-state index contributed by atoms with van der Waals surface area (Å²) >= 11 is 3.69. The van der Waals surface area contributed by atoms with E-state index in [1.54, 1.807) is 0 Å². The summed E-state index contributed by atoms with van der Waals surface area (Å²) in [6.45, 7) is 1.62. The van der Waals surface area contributed by atoms with E-state index in [0.717, 1.165) is 42.3 Å². The highest BCUT2D eigenvalue weighted by molar-refractivity contribution is 7.17. The smallest absolute Gasteiger partial charge is 0.0944 e. The Kier molecular flexibility index (Phi) is 5.04. The number of anilines is 6. The second-order valence-electron chi connectivity index (χ2n) is 8.58. The number of hydrogen-bond acceptors (Lipinski definition) is 8. The van der Waals surface area contributed by atoms with Gasteiger partial charge in [-0.25, -0.2) is 0 Å². The molecule has 2 bridgehead atoms. The normalized spacial score (nSPS) is 17.9. The van der Waals surface area contributed by atoms with Gasteiger partial charge >= 0.3 is 0 Å². The average molecular weight is 475 g/mol. The Hall–Kier alpha value is -3.36. The van der Waals surface area contributed by atoms with Gasteiger partial charge in [-0.3, -0.25) is 0 Å². The summed E-state index contributed by atoms with van der Waals surface area (Å²) in [4.78, 5) is 2.66. The predicted octanol–water partition coefficient (Wildman–Crippen LogP) is 6.22. The third-order valence-corrected chi connectivity index (χ3v) is 8.38. The minimum Gasteiger partial charge on any atom is -0.399 e. The summed E-state index contributed by atoms with van der Waals surface area (Å²) in [7, 11) is 0. The van der Waals surface area contributed by atoms with Crippen molar-refractivity contribution in [2.45, 2.75) is 31.6 Å². The fraction of sp³-hybridized carbons (Fsp3) is 0.200. The molecule has 2 aromatic carbocycles. The average Bonchev–Trinajstić information content (AvgIpc) is 3.42. The number of hydrogen-bond donors (Lipinski definition) is 6. The molecule has 2 atom stereocenters. The Bertz CT molecular complexity index is 1180. The minimum atomic E-state index is 0.358. The van der Waals surface area contributed by atoms with Crippen molar-refractivity contribution in [3.8, 4) is 0 Å².